The van der Waals surface area contributed by atoms with E-state index >= 15 is 0 Å². The molecule has 0 aliphatic carbocycles. The quantitative estimate of drug-likeness (QED) is 0.880. The summed E-state index contributed by atoms with van der Waals surface area (Å²) >= 11 is 0. The Morgan fingerprint density at radius 2 is 1.65 bits per heavy atom. The van der Waals surface area contributed by atoms with Crippen molar-refractivity contribution in [3.8, 4) is 0 Å². The monoisotopic (exact) mass is 357 g/mol. The summed E-state index contributed by atoms with van der Waals surface area (Å²) in [4.78, 5) is 28.8. The molecule has 2 fully saturated rings. The van der Waals surface area contributed by atoms with Crippen LogP contribution in [-0.2, 0) is 4.79 Å². The Bertz CT molecular complexity index is 633. The third kappa shape index (κ3) is 4.44. The molecule has 5 nitrogen and oxygen atoms in total. The van der Waals surface area contributed by atoms with Gasteiger partial charge in [-0.2, -0.15) is 0 Å². The van der Waals surface area contributed by atoms with Crippen LogP contribution in [0.15, 0.2) is 24.3 Å². The van der Waals surface area contributed by atoms with Crippen LogP contribution in [0, 0.1) is 0 Å². The van der Waals surface area contributed by atoms with Crippen LogP contribution in [-0.4, -0.2) is 48.4 Å². The van der Waals surface area contributed by atoms with Crippen LogP contribution < -0.4 is 10.2 Å². The first-order valence-corrected chi connectivity index (χ1v) is 9.91. The predicted octanol–water partition coefficient (Wildman–Crippen LogP) is 3.20. The van der Waals surface area contributed by atoms with Gasteiger partial charge in [-0.3, -0.25) is 14.5 Å². The number of amides is 2. The van der Waals surface area contributed by atoms with Crippen molar-refractivity contribution in [1.29, 1.82) is 0 Å². The van der Waals surface area contributed by atoms with Crippen molar-refractivity contribution < 1.29 is 9.59 Å². The van der Waals surface area contributed by atoms with Gasteiger partial charge in [0.25, 0.3) is 5.91 Å². The van der Waals surface area contributed by atoms with E-state index in [0.29, 0.717) is 18.5 Å². The van der Waals surface area contributed by atoms with Crippen molar-refractivity contribution in [2.75, 3.05) is 31.1 Å². The molecule has 1 aromatic carbocycles. The number of nitrogens with zero attached hydrogens (tertiary/aromatic N) is 2. The van der Waals surface area contributed by atoms with Crippen LogP contribution in [0.1, 0.15) is 62.7 Å². The van der Waals surface area contributed by atoms with Crippen molar-refractivity contribution in [1.82, 2.24) is 10.2 Å². The van der Waals surface area contributed by atoms with E-state index in [1.54, 1.807) is 0 Å². The number of anilines is 1. The van der Waals surface area contributed by atoms with E-state index < -0.39 is 0 Å². The SMILES string of the molecule is CC(C)(CNC(=O)c1ccc(N2CCCCC2=O)cc1)N1CCCCC1. The van der Waals surface area contributed by atoms with E-state index in [1.807, 2.05) is 29.2 Å². The summed E-state index contributed by atoms with van der Waals surface area (Å²) in [5.74, 6) is 0.128. The summed E-state index contributed by atoms with van der Waals surface area (Å²) in [5.41, 5.74) is 1.50. The fraction of sp³-hybridized carbons (Fsp3) is 0.619. The number of likely N-dealkylation sites (tertiary alicyclic amines) is 1. The third-order valence-corrected chi connectivity index (χ3v) is 5.66. The Hall–Kier alpha value is -1.88. The molecule has 0 unspecified atom stereocenters. The first-order chi connectivity index (χ1) is 12.5. The molecule has 0 spiro atoms. The molecule has 5 heteroatoms. The standard InChI is InChI=1S/C21H31N3O2/c1-21(2,23-13-5-3-6-14-23)16-22-20(26)17-9-11-18(12-10-17)24-15-7-4-8-19(24)25/h9-12H,3-8,13-16H2,1-2H3,(H,22,26). The molecule has 1 N–H and O–H groups in total. The molecule has 2 saturated heterocycles. The van der Waals surface area contributed by atoms with E-state index in [1.165, 1.54) is 19.3 Å². The van der Waals surface area contributed by atoms with Gasteiger partial charge in [-0.1, -0.05) is 6.42 Å². The van der Waals surface area contributed by atoms with E-state index in [4.69, 9.17) is 0 Å². The van der Waals surface area contributed by atoms with Crippen molar-refractivity contribution in [3.05, 3.63) is 29.8 Å². The molecular weight excluding hydrogens is 326 g/mol. The van der Waals surface area contributed by atoms with Gasteiger partial charge < -0.3 is 10.2 Å². The number of nitrogens with one attached hydrogen (secondary N) is 1. The lowest BCUT2D eigenvalue weighted by Crippen LogP contribution is -2.53. The largest absolute Gasteiger partial charge is 0.350 e. The number of piperidine rings is 2. The Morgan fingerprint density at radius 3 is 2.31 bits per heavy atom. The highest BCUT2D eigenvalue weighted by molar-refractivity contribution is 5.97. The van der Waals surface area contributed by atoms with Gasteiger partial charge in [-0.25, -0.2) is 0 Å². The van der Waals surface area contributed by atoms with E-state index in [0.717, 1.165) is 38.2 Å². The lowest BCUT2D eigenvalue weighted by atomic mass is 9.98. The van der Waals surface area contributed by atoms with Crippen LogP contribution in [0.2, 0.25) is 0 Å². The highest BCUT2D eigenvalue weighted by Gasteiger charge is 2.28. The maximum absolute atomic E-state index is 12.5. The van der Waals surface area contributed by atoms with Crippen molar-refractivity contribution in [2.24, 2.45) is 0 Å². The third-order valence-electron chi connectivity index (χ3n) is 5.66. The number of hydrogen-bond donors (Lipinski definition) is 1. The number of benzene rings is 1. The molecule has 0 radical (unpaired) electrons. The summed E-state index contributed by atoms with van der Waals surface area (Å²) in [6.45, 7) is 8.03. The second-order valence-corrected chi connectivity index (χ2v) is 8.09. The molecule has 0 atom stereocenters. The van der Waals surface area contributed by atoms with Gasteiger partial charge >= 0.3 is 0 Å². The molecule has 0 bridgehead atoms. The molecule has 3 rings (SSSR count). The maximum atomic E-state index is 12.5. The Kier molecular flexibility index (Phi) is 5.97. The minimum absolute atomic E-state index is 0.0315. The average Bonchev–Trinajstić information content (AvgIpc) is 2.67. The highest BCUT2D eigenvalue weighted by atomic mass is 16.2. The number of rotatable bonds is 5. The second kappa shape index (κ2) is 8.21. The number of carbonyl (C=O) groups excluding carboxylic acids is 2. The molecule has 2 aliphatic heterocycles. The fourth-order valence-corrected chi connectivity index (χ4v) is 3.88. The van der Waals surface area contributed by atoms with Gasteiger partial charge in [-0.05, 0) is 76.9 Å². The zero-order chi connectivity index (χ0) is 18.6. The fourth-order valence-electron chi connectivity index (χ4n) is 3.88. The Labute approximate surface area is 156 Å². The van der Waals surface area contributed by atoms with Gasteiger partial charge in [0, 0.05) is 36.3 Å². The van der Waals surface area contributed by atoms with E-state index in [9.17, 15) is 9.59 Å². The first-order valence-electron chi connectivity index (χ1n) is 9.91. The minimum Gasteiger partial charge on any atom is -0.350 e. The lowest BCUT2D eigenvalue weighted by molar-refractivity contribution is -0.119. The van der Waals surface area contributed by atoms with Crippen molar-refractivity contribution in [2.45, 2.75) is 57.9 Å². The molecule has 26 heavy (non-hydrogen) atoms. The van der Waals surface area contributed by atoms with Crippen LogP contribution in [0.3, 0.4) is 0 Å². The van der Waals surface area contributed by atoms with E-state index in [-0.39, 0.29) is 17.4 Å². The summed E-state index contributed by atoms with van der Waals surface area (Å²) in [6.07, 6.45) is 6.43. The van der Waals surface area contributed by atoms with Gasteiger partial charge in [0.15, 0.2) is 0 Å². The molecule has 142 valence electrons. The lowest BCUT2D eigenvalue weighted by Gasteiger charge is -2.41. The van der Waals surface area contributed by atoms with Crippen molar-refractivity contribution >= 4 is 17.5 Å². The van der Waals surface area contributed by atoms with Crippen LogP contribution in [0.5, 0.6) is 0 Å². The first kappa shape index (κ1) is 18.9. The summed E-state index contributed by atoms with van der Waals surface area (Å²) in [6, 6.07) is 7.41. The molecule has 1 aromatic rings. The topological polar surface area (TPSA) is 52.7 Å². The molecule has 0 aromatic heterocycles. The smallest absolute Gasteiger partial charge is 0.251 e. The maximum Gasteiger partial charge on any atom is 0.251 e. The Morgan fingerprint density at radius 1 is 1.00 bits per heavy atom. The predicted molar refractivity (Wildman–Crippen MR) is 104 cm³/mol. The minimum atomic E-state index is -0.0494. The van der Waals surface area contributed by atoms with Gasteiger partial charge in [-0.15, -0.1) is 0 Å². The van der Waals surface area contributed by atoms with Gasteiger partial charge in [0.1, 0.15) is 0 Å². The Balaban J connectivity index is 1.57. The zero-order valence-electron chi connectivity index (χ0n) is 16.1. The van der Waals surface area contributed by atoms with Crippen LogP contribution in [0.4, 0.5) is 5.69 Å². The molecule has 0 saturated carbocycles. The average molecular weight is 357 g/mol. The summed E-state index contributed by atoms with van der Waals surface area (Å²) in [7, 11) is 0. The van der Waals surface area contributed by atoms with Crippen LogP contribution >= 0.6 is 0 Å². The molecule has 2 heterocycles. The normalized spacial score (nSPS) is 19.5. The number of hydrogen-bond acceptors (Lipinski definition) is 3. The summed E-state index contributed by atoms with van der Waals surface area (Å²) < 4.78 is 0. The second-order valence-electron chi connectivity index (χ2n) is 8.09. The van der Waals surface area contributed by atoms with Gasteiger partial charge in [0.05, 0.1) is 0 Å². The van der Waals surface area contributed by atoms with Crippen LogP contribution in [0.25, 0.3) is 0 Å². The summed E-state index contributed by atoms with van der Waals surface area (Å²) in [5, 5.41) is 3.08. The highest BCUT2D eigenvalue weighted by Crippen LogP contribution is 2.22. The molecule has 2 aliphatic rings. The zero-order valence-corrected chi connectivity index (χ0v) is 16.1. The number of carbonyl (C=O) groups is 2. The van der Waals surface area contributed by atoms with E-state index in [2.05, 4.69) is 24.1 Å². The van der Waals surface area contributed by atoms with Gasteiger partial charge in [0.2, 0.25) is 5.91 Å². The van der Waals surface area contributed by atoms with Crippen molar-refractivity contribution in [3.63, 3.8) is 0 Å². The molecular formula is C21H31N3O2. The molecule has 2 amide bonds.